The molecule has 0 radical (unpaired) electrons. The van der Waals surface area contributed by atoms with E-state index in [2.05, 4.69) is 39.6 Å². The Morgan fingerprint density at radius 3 is 2.45 bits per heavy atom. The number of fused-ring (bicyclic) bond motifs is 1. The molecule has 0 aliphatic heterocycles. The Morgan fingerprint density at radius 1 is 1.19 bits per heavy atom. The van der Waals surface area contributed by atoms with E-state index in [1.807, 2.05) is 38.1 Å². The fourth-order valence-corrected chi connectivity index (χ4v) is 4.74. The Labute approximate surface area is 186 Å². The zero-order chi connectivity index (χ0) is 23.4. The Hall–Kier alpha value is -2.40. The molecule has 0 N–H and O–H groups in total. The van der Waals surface area contributed by atoms with Crippen LogP contribution in [0.4, 0.5) is 5.69 Å². The van der Waals surface area contributed by atoms with E-state index in [1.54, 1.807) is 18.2 Å². The summed E-state index contributed by atoms with van der Waals surface area (Å²) < 4.78 is 11.8. The van der Waals surface area contributed by atoms with Gasteiger partial charge in [0, 0.05) is 18.9 Å². The molecule has 0 unspecified atom stereocenters. The summed E-state index contributed by atoms with van der Waals surface area (Å²) in [5, 5.41) is 0.911. The minimum Gasteiger partial charge on any atom is -0.421 e. The van der Waals surface area contributed by atoms with Crippen molar-refractivity contribution >= 4 is 30.9 Å². The number of hydrogen-bond acceptors (Lipinski definition) is 4. The lowest BCUT2D eigenvalue weighted by Crippen LogP contribution is -2.46. The number of carbonyl (C=O) groups is 1. The van der Waals surface area contributed by atoms with Crippen molar-refractivity contribution in [3.05, 3.63) is 58.6 Å². The SMILES string of the molecule is CC(=O)N(CCC=C=CC(C)(C)O[Si](C)(C)C(C)(C)C)c1cc2ccccc2oc1=O. The first-order valence-corrected chi connectivity index (χ1v) is 13.6. The third-order valence-corrected chi connectivity index (χ3v) is 10.3. The Kier molecular flexibility index (Phi) is 7.53. The predicted molar refractivity (Wildman–Crippen MR) is 130 cm³/mol. The zero-order valence-corrected chi connectivity index (χ0v) is 21.0. The summed E-state index contributed by atoms with van der Waals surface area (Å²) >= 11 is 0. The van der Waals surface area contributed by atoms with Gasteiger partial charge in [0.15, 0.2) is 8.32 Å². The van der Waals surface area contributed by atoms with Crippen molar-refractivity contribution in [2.45, 2.75) is 71.7 Å². The van der Waals surface area contributed by atoms with Gasteiger partial charge in [0.05, 0.1) is 5.60 Å². The predicted octanol–water partition coefficient (Wildman–Crippen LogP) is 6.05. The van der Waals surface area contributed by atoms with Crippen LogP contribution in [0.3, 0.4) is 0 Å². The molecular formula is C25H35NO4Si. The smallest absolute Gasteiger partial charge is 0.360 e. The average Bonchev–Trinajstić information content (AvgIpc) is 2.62. The van der Waals surface area contributed by atoms with Crippen LogP contribution in [-0.4, -0.2) is 26.4 Å². The van der Waals surface area contributed by atoms with Crippen LogP contribution < -0.4 is 10.5 Å². The molecule has 31 heavy (non-hydrogen) atoms. The van der Waals surface area contributed by atoms with Gasteiger partial charge in [-0.1, -0.05) is 39.0 Å². The van der Waals surface area contributed by atoms with Gasteiger partial charge in [0.2, 0.25) is 5.91 Å². The lowest BCUT2D eigenvalue weighted by molar-refractivity contribution is -0.116. The van der Waals surface area contributed by atoms with Gasteiger partial charge in [-0.2, -0.15) is 0 Å². The monoisotopic (exact) mass is 441 g/mol. The minimum absolute atomic E-state index is 0.130. The molecule has 0 aliphatic carbocycles. The van der Waals surface area contributed by atoms with Crippen LogP contribution in [0, 0.1) is 0 Å². The van der Waals surface area contributed by atoms with E-state index in [0.717, 1.165) is 5.39 Å². The molecule has 1 amide bonds. The molecule has 0 bridgehead atoms. The molecule has 0 saturated carbocycles. The maximum atomic E-state index is 12.4. The van der Waals surface area contributed by atoms with Crippen molar-refractivity contribution in [3.8, 4) is 0 Å². The van der Waals surface area contributed by atoms with Gasteiger partial charge in [-0.25, -0.2) is 4.79 Å². The van der Waals surface area contributed by atoms with Gasteiger partial charge in [-0.05, 0) is 62.7 Å². The highest BCUT2D eigenvalue weighted by molar-refractivity contribution is 6.74. The molecule has 1 aromatic carbocycles. The standard InChI is InChI=1S/C25H35NO4Si/c1-19(27)26(21-18-20-14-10-11-15-22(20)29-23(21)28)17-13-9-12-16-25(5,6)30-31(7,8)24(2,3)4/h9-11,14-16,18H,13,17H2,1-8H3. The number of para-hydroxylation sites is 1. The molecule has 6 heteroatoms. The summed E-state index contributed by atoms with van der Waals surface area (Å²) in [6.07, 6.45) is 4.35. The summed E-state index contributed by atoms with van der Waals surface area (Å²) in [4.78, 5) is 26.1. The molecule has 0 aliphatic rings. The van der Waals surface area contributed by atoms with Gasteiger partial charge in [-0.15, -0.1) is 5.73 Å². The van der Waals surface area contributed by atoms with Crippen molar-refractivity contribution in [3.63, 3.8) is 0 Å². The number of nitrogens with zero attached hydrogens (tertiary/aromatic N) is 1. The fourth-order valence-electron chi connectivity index (χ4n) is 3.06. The minimum atomic E-state index is -1.90. The molecule has 0 spiro atoms. The largest absolute Gasteiger partial charge is 0.421 e. The highest BCUT2D eigenvalue weighted by Gasteiger charge is 2.40. The summed E-state index contributed by atoms with van der Waals surface area (Å²) in [5.41, 5.74) is 3.01. The van der Waals surface area contributed by atoms with Gasteiger partial charge in [-0.3, -0.25) is 4.79 Å². The number of rotatable bonds is 7. The first-order valence-electron chi connectivity index (χ1n) is 10.7. The van der Waals surface area contributed by atoms with Gasteiger partial charge >= 0.3 is 5.63 Å². The molecule has 168 valence electrons. The maximum Gasteiger partial charge on any atom is 0.360 e. The average molecular weight is 442 g/mol. The van der Waals surface area contributed by atoms with Crippen LogP contribution in [0.2, 0.25) is 18.1 Å². The molecular weight excluding hydrogens is 406 g/mol. The lowest BCUT2D eigenvalue weighted by atomic mass is 10.1. The van der Waals surface area contributed by atoms with Crippen LogP contribution in [0.5, 0.6) is 0 Å². The molecule has 1 heterocycles. The lowest BCUT2D eigenvalue weighted by Gasteiger charge is -2.41. The van der Waals surface area contributed by atoms with Crippen LogP contribution >= 0.6 is 0 Å². The summed E-state index contributed by atoms with van der Waals surface area (Å²) in [6.45, 7) is 17.0. The third-order valence-electron chi connectivity index (χ3n) is 5.66. The quantitative estimate of drug-likeness (QED) is 0.298. The topological polar surface area (TPSA) is 59.8 Å². The Bertz CT molecular complexity index is 1050. The van der Waals surface area contributed by atoms with Gasteiger partial charge in [0.1, 0.15) is 11.3 Å². The van der Waals surface area contributed by atoms with Crippen LogP contribution in [0.25, 0.3) is 11.0 Å². The van der Waals surface area contributed by atoms with E-state index in [-0.39, 0.29) is 16.6 Å². The van der Waals surface area contributed by atoms with Gasteiger partial charge in [0.25, 0.3) is 0 Å². The second kappa shape index (κ2) is 9.39. The fraction of sp³-hybridized carbons (Fsp3) is 0.480. The molecule has 5 nitrogen and oxygen atoms in total. The van der Waals surface area contributed by atoms with Crippen molar-refractivity contribution in [1.29, 1.82) is 0 Å². The highest BCUT2D eigenvalue weighted by atomic mass is 28.4. The van der Waals surface area contributed by atoms with Crippen molar-refractivity contribution in [2.75, 3.05) is 11.4 Å². The van der Waals surface area contributed by atoms with Crippen LogP contribution in [0.15, 0.2) is 57.4 Å². The molecule has 0 saturated heterocycles. The van der Waals surface area contributed by atoms with Gasteiger partial charge < -0.3 is 13.7 Å². The second-order valence-corrected chi connectivity index (χ2v) is 14.6. The van der Waals surface area contributed by atoms with E-state index < -0.39 is 19.5 Å². The first-order chi connectivity index (χ1) is 14.2. The van der Waals surface area contributed by atoms with Crippen LogP contribution in [-0.2, 0) is 9.22 Å². The molecule has 1 aromatic heterocycles. The highest BCUT2D eigenvalue weighted by Crippen LogP contribution is 2.39. The number of hydrogen-bond donors (Lipinski definition) is 0. The van der Waals surface area contributed by atoms with E-state index in [4.69, 9.17) is 8.84 Å². The number of benzene rings is 1. The summed E-state index contributed by atoms with van der Waals surface area (Å²) in [6, 6.07) is 8.97. The maximum absolute atomic E-state index is 12.4. The Balaban J connectivity index is 2.13. The van der Waals surface area contributed by atoms with E-state index in [1.165, 1.54) is 11.8 Å². The molecule has 2 rings (SSSR count). The second-order valence-electron chi connectivity index (χ2n) is 9.90. The number of anilines is 1. The Morgan fingerprint density at radius 2 is 1.84 bits per heavy atom. The first kappa shape index (κ1) is 24.9. The normalized spacial score (nSPS) is 12.4. The van der Waals surface area contributed by atoms with Crippen molar-refractivity contribution in [1.82, 2.24) is 0 Å². The van der Waals surface area contributed by atoms with E-state index in [9.17, 15) is 9.59 Å². The van der Waals surface area contributed by atoms with E-state index >= 15 is 0 Å². The molecule has 0 fully saturated rings. The third kappa shape index (κ3) is 6.54. The summed E-state index contributed by atoms with van der Waals surface area (Å²) in [7, 11) is -1.90. The van der Waals surface area contributed by atoms with Crippen molar-refractivity contribution in [2.24, 2.45) is 0 Å². The van der Waals surface area contributed by atoms with Crippen molar-refractivity contribution < 1.29 is 13.6 Å². The number of carbonyl (C=O) groups excluding carboxylic acids is 1. The van der Waals surface area contributed by atoms with E-state index in [0.29, 0.717) is 18.5 Å². The van der Waals surface area contributed by atoms with Crippen LogP contribution in [0.1, 0.15) is 48.0 Å². The summed E-state index contributed by atoms with van der Waals surface area (Å²) in [5.74, 6) is -0.207. The zero-order valence-electron chi connectivity index (χ0n) is 20.0. The molecule has 2 aromatic rings. The molecule has 0 atom stereocenters. The number of amides is 1.